The Hall–Kier alpha value is -2.35. The quantitative estimate of drug-likeness (QED) is 0.910. The number of rotatable bonds is 4. The molecule has 7 nitrogen and oxygen atoms in total. The number of benzene rings is 1. The molecule has 1 aromatic carbocycles. The monoisotopic (exact) mass is 297 g/mol. The summed E-state index contributed by atoms with van der Waals surface area (Å²) in [4.78, 5) is 10.7. The Morgan fingerprint density at radius 2 is 2.05 bits per heavy atom. The van der Waals surface area contributed by atoms with E-state index in [0.717, 1.165) is 6.26 Å². The molecular weight excluding hydrogens is 286 g/mol. The van der Waals surface area contributed by atoms with Crippen LogP contribution >= 0.6 is 0 Å². The van der Waals surface area contributed by atoms with Crippen molar-refractivity contribution < 1.29 is 27.6 Å². The first-order chi connectivity index (χ1) is 9.32. The molecular formula is C12H11NO6S. The number of nitrogens with zero attached hydrogens (tertiary/aromatic N) is 1. The highest BCUT2D eigenvalue weighted by Gasteiger charge is 2.18. The minimum absolute atomic E-state index is 0.00243. The lowest BCUT2D eigenvalue weighted by Gasteiger charge is -2.07. The van der Waals surface area contributed by atoms with Crippen LogP contribution in [0.5, 0.6) is 5.75 Å². The van der Waals surface area contributed by atoms with E-state index in [1.54, 1.807) is 6.07 Å². The molecule has 2 aromatic rings. The third kappa shape index (κ3) is 2.64. The molecule has 0 unspecified atom stereocenters. The van der Waals surface area contributed by atoms with E-state index in [9.17, 15) is 13.2 Å². The Labute approximate surface area is 114 Å². The summed E-state index contributed by atoms with van der Waals surface area (Å²) in [6.45, 7) is 0. The van der Waals surface area contributed by atoms with Crippen molar-refractivity contribution in [1.29, 1.82) is 0 Å². The van der Waals surface area contributed by atoms with Crippen LogP contribution in [0.25, 0.3) is 11.3 Å². The summed E-state index contributed by atoms with van der Waals surface area (Å²) >= 11 is 0. The molecule has 0 fully saturated rings. The normalized spacial score (nSPS) is 11.3. The molecule has 1 aromatic heterocycles. The van der Waals surface area contributed by atoms with E-state index in [2.05, 4.69) is 9.68 Å². The molecule has 2 rings (SSSR count). The van der Waals surface area contributed by atoms with Crippen molar-refractivity contribution in [2.75, 3.05) is 13.4 Å². The Morgan fingerprint density at radius 1 is 1.35 bits per heavy atom. The van der Waals surface area contributed by atoms with Gasteiger partial charge in [0.25, 0.3) is 0 Å². The number of aromatic nitrogens is 1. The predicted octanol–water partition coefficient (Wildman–Crippen LogP) is 1.45. The average molecular weight is 297 g/mol. The van der Waals surface area contributed by atoms with Gasteiger partial charge in [-0.15, -0.1) is 0 Å². The molecule has 0 amide bonds. The molecule has 0 saturated carbocycles. The Kier molecular flexibility index (Phi) is 3.49. The summed E-state index contributed by atoms with van der Waals surface area (Å²) in [5, 5.41) is 12.4. The number of aromatic carboxylic acids is 1. The predicted molar refractivity (Wildman–Crippen MR) is 68.6 cm³/mol. The maximum Gasteiger partial charge on any atom is 0.374 e. The molecule has 0 saturated heterocycles. The van der Waals surface area contributed by atoms with Crippen LogP contribution in [0, 0.1) is 0 Å². The van der Waals surface area contributed by atoms with Crippen molar-refractivity contribution in [3.8, 4) is 17.0 Å². The highest BCUT2D eigenvalue weighted by atomic mass is 32.2. The van der Waals surface area contributed by atoms with Crippen molar-refractivity contribution in [2.24, 2.45) is 0 Å². The van der Waals surface area contributed by atoms with E-state index >= 15 is 0 Å². The second-order valence-electron chi connectivity index (χ2n) is 4.02. The molecule has 0 bridgehead atoms. The lowest BCUT2D eigenvalue weighted by molar-refractivity contribution is 0.0652. The molecule has 0 aliphatic rings. The van der Waals surface area contributed by atoms with Crippen LogP contribution in [0.15, 0.2) is 33.7 Å². The van der Waals surface area contributed by atoms with Crippen LogP contribution in [-0.2, 0) is 9.84 Å². The van der Waals surface area contributed by atoms with E-state index in [1.807, 2.05) is 0 Å². The fourth-order valence-corrected chi connectivity index (χ4v) is 2.50. The zero-order valence-electron chi connectivity index (χ0n) is 10.7. The number of methoxy groups -OCH3 is 1. The van der Waals surface area contributed by atoms with Crippen LogP contribution < -0.4 is 4.74 Å². The first-order valence-electron chi connectivity index (χ1n) is 5.41. The zero-order chi connectivity index (χ0) is 14.9. The minimum Gasteiger partial charge on any atom is -0.495 e. The van der Waals surface area contributed by atoms with Gasteiger partial charge in [-0.1, -0.05) is 5.16 Å². The lowest BCUT2D eigenvalue weighted by Crippen LogP contribution is -2.01. The molecule has 0 spiro atoms. The molecule has 106 valence electrons. The molecule has 1 heterocycles. The maximum atomic E-state index is 11.7. The maximum absolute atomic E-state index is 11.7. The standard InChI is InChI=1S/C12H11NO6S/c1-18-9-4-3-7(5-11(9)20(2,16)17)8-6-10(12(14)15)19-13-8/h3-6H,1-2H3,(H,14,15). The van der Waals surface area contributed by atoms with Crippen molar-refractivity contribution in [1.82, 2.24) is 5.16 Å². The van der Waals surface area contributed by atoms with Crippen LogP contribution in [0.1, 0.15) is 10.6 Å². The number of carboxylic acids is 1. The van der Waals surface area contributed by atoms with Crippen molar-refractivity contribution >= 4 is 15.8 Å². The number of sulfone groups is 1. The SMILES string of the molecule is COc1ccc(-c2cc(C(=O)O)on2)cc1S(C)(=O)=O. The number of carboxylic acid groups (broad SMARTS) is 1. The summed E-state index contributed by atoms with van der Waals surface area (Å²) < 4.78 is 33.0. The van der Waals surface area contributed by atoms with E-state index in [4.69, 9.17) is 9.84 Å². The summed E-state index contributed by atoms with van der Waals surface area (Å²) in [5.74, 6) is -1.37. The van der Waals surface area contributed by atoms with E-state index in [1.165, 1.54) is 25.3 Å². The van der Waals surface area contributed by atoms with Crippen molar-refractivity contribution in [3.05, 3.63) is 30.0 Å². The van der Waals surface area contributed by atoms with Gasteiger partial charge in [0.1, 0.15) is 16.3 Å². The average Bonchev–Trinajstić information content (AvgIpc) is 2.86. The highest BCUT2D eigenvalue weighted by molar-refractivity contribution is 7.90. The third-order valence-corrected chi connectivity index (χ3v) is 3.70. The molecule has 0 atom stereocenters. The zero-order valence-corrected chi connectivity index (χ0v) is 11.5. The first-order valence-corrected chi connectivity index (χ1v) is 7.30. The minimum atomic E-state index is -3.49. The third-order valence-electron chi connectivity index (χ3n) is 2.58. The molecule has 8 heteroatoms. The van der Waals surface area contributed by atoms with Gasteiger partial charge in [-0.25, -0.2) is 13.2 Å². The molecule has 0 aliphatic heterocycles. The topological polar surface area (TPSA) is 107 Å². The number of hydrogen-bond donors (Lipinski definition) is 1. The number of ether oxygens (including phenoxy) is 1. The van der Waals surface area contributed by atoms with Gasteiger partial charge in [-0.2, -0.15) is 0 Å². The first kappa shape index (κ1) is 14.1. The summed E-state index contributed by atoms with van der Waals surface area (Å²) in [6, 6.07) is 5.62. The fraction of sp³-hybridized carbons (Fsp3) is 0.167. The van der Waals surface area contributed by atoms with Crippen LogP contribution in [0.3, 0.4) is 0 Å². The fourth-order valence-electron chi connectivity index (χ4n) is 1.64. The Balaban J connectivity index is 2.55. The summed E-state index contributed by atoms with van der Waals surface area (Å²) in [7, 11) is -2.12. The second-order valence-corrected chi connectivity index (χ2v) is 6.00. The van der Waals surface area contributed by atoms with E-state index < -0.39 is 15.8 Å². The Bertz CT molecular complexity index is 762. The molecule has 20 heavy (non-hydrogen) atoms. The van der Waals surface area contributed by atoms with Gasteiger partial charge in [-0.05, 0) is 18.2 Å². The number of carbonyl (C=O) groups is 1. The van der Waals surface area contributed by atoms with Crippen molar-refractivity contribution in [2.45, 2.75) is 4.90 Å². The van der Waals surface area contributed by atoms with Crippen LogP contribution in [0.4, 0.5) is 0 Å². The smallest absolute Gasteiger partial charge is 0.374 e. The van der Waals surface area contributed by atoms with Crippen LogP contribution in [0.2, 0.25) is 0 Å². The molecule has 1 N–H and O–H groups in total. The van der Waals surface area contributed by atoms with Gasteiger partial charge in [0.2, 0.25) is 5.76 Å². The summed E-state index contributed by atoms with van der Waals surface area (Å²) in [5.41, 5.74) is 0.650. The largest absolute Gasteiger partial charge is 0.495 e. The molecule has 0 aliphatic carbocycles. The van der Waals surface area contributed by atoms with Gasteiger partial charge in [0.05, 0.1) is 7.11 Å². The van der Waals surface area contributed by atoms with E-state index in [-0.39, 0.29) is 22.1 Å². The van der Waals surface area contributed by atoms with Gasteiger partial charge in [0, 0.05) is 17.9 Å². The van der Waals surface area contributed by atoms with Gasteiger partial charge < -0.3 is 14.4 Å². The van der Waals surface area contributed by atoms with E-state index in [0.29, 0.717) is 5.56 Å². The van der Waals surface area contributed by atoms with Gasteiger partial charge in [0.15, 0.2) is 9.84 Å². The van der Waals surface area contributed by atoms with Crippen molar-refractivity contribution in [3.63, 3.8) is 0 Å². The lowest BCUT2D eigenvalue weighted by atomic mass is 10.1. The number of hydrogen-bond acceptors (Lipinski definition) is 6. The molecule has 0 radical (unpaired) electrons. The van der Waals surface area contributed by atoms with Gasteiger partial charge >= 0.3 is 5.97 Å². The summed E-state index contributed by atoms with van der Waals surface area (Å²) in [6.07, 6.45) is 1.06. The highest BCUT2D eigenvalue weighted by Crippen LogP contribution is 2.29. The van der Waals surface area contributed by atoms with Crippen LogP contribution in [-0.4, -0.2) is 38.0 Å². The second kappa shape index (κ2) is 4.97. The Morgan fingerprint density at radius 3 is 2.55 bits per heavy atom. The van der Waals surface area contributed by atoms with Gasteiger partial charge in [-0.3, -0.25) is 0 Å².